The Hall–Kier alpha value is -2.96. The van der Waals surface area contributed by atoms with Gasteiger partial charge in [0.05, 0.1) is 27.8 Å². The molecular formula is C19H24N2O5. The van der Waals surface area contributed by atoms with Crippen molar-refractivity contribution in [2.45, 2.75) is 19.9 Å². The van der Waals surface area contributed by atoms with Crippen molar-refractivity contribution in [2.75, 3.05) is 27.9 Å². The van der Waals surface area contributed by atoms with Gasteiger partial charge in [-0.25, -0.2) is 0 Å². The molecule has 1 aromatic carbocycles. The standard InChI is InChI=1S/C19H24N2O5/c1-13-9-15(24-2)12-19(23)21(13)8-7-20-18(22)11-14-5-6-16(25-3)17(10-14)26-4/h5-6,9-10,12H,7-8,11H2,1-4H3,(H,20,22). The SMILES string of the molecule is COc1cc(C)n(CCNC(=O)Cc2ccc(OC)c(OC)c2)c(=O)c1. The van der Waals surface area contributed by atoms with Crippen molar-refractivity contribution in [2.24, 2.45) is 0 Å². The highest BCUT2D eigenvalue weighted by Crippen LogP contribution is 2.27. The third-order valence-corrected chi connectivity index (χ3v) is 4.01. The third kappa shape index (κ3) is 4.78. The van der Waals surface area contributed by atoms with E-state index in [1.165, 1.54) is 13.2 Å². The van der Waals surface area contributed by atoms with Gasteiger partial charge in [-0.1, -0.05) is 6.07 Å². The van der Waals surface area contributed by atoms with Gasteiger partial charge in [-0.05, 0) is 30.7 Å². The monoisotopic (exact) mass is 360 g/mol. The van der Waals surface area contributed by atoms with Gasteiger partial charge in [-0.3, -0.25) is 9.59 Å². The highest BCUT2D eigenvalue weighted by atomic mass is 16.5. The van der Waals surface area contributed by atoms with Gasteiger partial charge in [0.15, 0.2) is 11.5 Å². The maximum absolute atomic E-state index is 12.1. The molecule has 1 N–H and O–H groups in total. The predicted molar refractivity (Wildman–Crippen MR) is 98.3 cm³/mol. The van der Waals surface area contributed by atoms with E-state index in [4.69, 9.17) is 14.2 Å². The van der Waals surface area contributed by atoms with E-state index >= 15 is 0 Å². The van der Waals surface area contributed by atoms with Gasteiger partial charge < -0.3 is 24.1 Å². The predicted octanol–water partition coefficient (Wildman–Crippen LogP) is 1.54. The third-order valence-electron chi connectivity index (χ3n) is 4.01. The Morgan fingerprint density at radius 3 is 2.38 bits per heavy atom. The van der Waals surface area contributed by atoms with E-state index in [0.29, 0.717) is 30.3 Å². The van der Waals surface area contributed by atoms with Crippen LogP contribution in [-0.2, 0) is 17.8 Å². The van der Waals surface area contributed by atoms with Crippen molar-refractivity contribution in [3.8, 4) is 17.2 Å². The number of methoxy groups -OCH3 is 3. The summed E-state index contributed by atoms with van der Waals surface area (Å²) in [6.45, 7) is 2.58. The van der Waals surface area contributed by atoms with Crippen LogP contribution in [0.25, 0.3) is 0 Å². The molecule has 26 heavy (non-hydrogen) atoms. The number of aryl methyl sites for hydroxylation is 1. The van der Waals surface area contributed by atoms with Crippen LogP contribution in [0.4, 0.5) is 0 Å². The lowest BCUT2D eigenvalue weighted by Gasteiger charge is -2.12. The number of benzene rings is 1. The average molecular weight is 360 g/mol. The van der Waals surface area contributed by atoms with Gasteiger partial charge in [-0.2, -0.15) is 0 Å². The van der Waals surface area contributed by atoms with E-state index in [0.717, 1.165) is 11.3 Å². The topological polar surface area (TPSA) is 78.8 Å². The molecule has 7 nitrogen and oxygen atoms in total. The van der Waals surface area contributed by atoms with E-state index < -0.39 is 0 Å². The Labute approximate surface area is 152 Å². The fourth-order valence-electron chi connectivity index (χ4n) is 2.65. The summed E-state index contributed by atoms with van der Waals surface area (Å²) < 4.78 is 17.1. The second-order valence-electron chi connectivity index (χ2n) is 5.74. The molecule has 0 aliphatic rings. The molecule has 0 saturated carbocycles. The number of carbonyl (C=O) groups excluding carboxylic acids is 1. The molecular weight excluding hydrogens is 336 g/mol. The Balaban J connectivity index is 1.93. The molecule has 0 spiro atoms. The molecule has 0 aliphatic heterocycles. The second kappa shape index (κ2) is 8.94. The zero-order chi connectivity index (χ0) is 19.1. The quantitative estimate of drug-likeness (QED) is 0.773. The van der Waals surface area contributed by atoms with Gasteiger partial charge in [-0.15, -0.1) is 0 Å². The Morgan fingerprint density at radius 1 is 1.04 bits per heavy atom. The summed E-state index contributed by atoms with van der Waals surface area (Å²) in [7, 11) is 4.64. The number of pyridine rings is 1. The molecule has 0 aliphatic carbocycles. The van der Waals surface area contributed by atoms with Crippen LogP contribution >= 0.6 is 0 Å². The maximum Gasteiger partial charge on any atom is 0.254 e. The molecule has 1 aromatic heterocycles. The lowest BCUT2D eigenvalue weighted by Crippen LogP contribution is -2.32. The highest BCUT2D eigenvalue weighted by Gasteiger charge is 2.09. The summed E-state index contributed by atoms with van der Waals surface area (Å²) in [6.07, 6.45) is 0.219. The molecule has 0 unspecified atom stereocenters. The molecule has 140 valence electrons. The fourth-order valence-corrected chi connectivity index (χ4v) is 2.65. The Bertz CT molecular complexity index is 829. The number of amides is 1. The summed E-state index contributed by atoms with van der Waals surface area (Å²) in [5.41, 5.74) is 1.44. The van der Waals surface area contributed by atoms with E-state index in [1.54, 1.807) is 37.0 Å². The van der Waals surface area contributed by atoms with Crippen LogP contribution in [0, 0.1) is 6.92 Å². The normalized spacial score (nSPS) is 10.3. The molecule has 0 fully saturated rings. The molecule has 2 rings (SSSR count). The van der Waals surface area contributed by atoms with E-state index in [1.807, 2.05) is 13.0 Å². The largest absolute Gasteiger partial charge is 0.496 e. The number of nitrogens with one attached hydrogen (secondary N) is 1. The summed E-state index contributed by atoms with van der Waals surface area (Å²) in [5.74, 6) is 1.60. The zero-order valence-electron chi connectivity index (χ0n) is 15.5. The lowest BCUT2D eigenvalue weighted by atomic mass is 10.1. The molecule has 0 bridgehead atoms. The van der Waals surface area contributed by atoms with Crippen LogP contribution in [0.3, 0.4) is 0 Å². The molecule has 0 saturated heterocycles. The van der Waals surface area contributed by atoms with Crippen LogP contribution in [0.15, 0.2) is 35.1 Å². The minimum Gasteiger partial charge on any atom is -0.496 e. The summed E-state index contributed by atoms with van der Waals surface area (Å²) in [5, 5.41) is 2.83. The number of hydrogen-bond donors (Lipinski definition) is 1. The first-order valence-corrected chi connectivity index (χ1v) is 8.21. The number of carbonyl (C=O) groups is 1. The molecule has 1 heterocycles. The molecule has 1 amide bonds. The van der Waals surface area contributed by atoms with Crippen LogP contribution in [-0.4, -0.2) is 38.3 Å². The lowest BCUT2D eigenvalue weighted by molar-refractivity contribution is -0.120. The summed E-state index contributed by atoms with van der Waals surface area (Å²) >= 11 is 0. The Kier molecular flexibility index (Phi) is 6.66. The molecule has 7 heteroatoms. The van der Waals surface area contributed by atoms with Crippen molar-refractivity contribution in [3.05, 3.63) is 51.9 Å². The number of nitrogens with zero attached hydrogens (tertiary/aromatic N) is 1. The number of rotatable bonds is 8. The molecule has 0 radical (unpaired) electrons. The maximum atomic E-state index is 12.1. The summed E-state index contributed by atoms with van der Waals surface area (Å²) in [6, 6.07) is 8.57. The highest BCUT2D eigenvalue weighted by molar-refractivity contribution is 5.78. The van der Waals surface area contributed by atoms with Crippen LogP contribution in [0.5, 0.6) is 17.2 Å². The minimum atomic E-state index is -0.156. The van der Waals surface area contributed by atoms with Crippen molar-refractivity contribution >= 4 is 5.91 Å². The van der Waals surface area contributed by atoms with Crippen molar-refractivity contribution in [3.63, 3.8) is 0 Å². The van der Waals surface area contributed by atoms with Crippen molar-refractivity contribution in [1.29, 1.82) is 0 Å². The molecule has 2 aromatic rings. The first-order valence-electron chi connectivity index (χ1n) is 8.21. The smallest absolute Gasteiger partial charge is 0.254 e. The minimum absolute atomic E-state index is 0.128. The zero-order valence-corrected chi connectivity index (χ0v) is 15.5. The Morgan fingerprint density at radius 2 is 1.77 bits per heavy atom. The van der Waals surface area contributed by atoms with Gasteiger partial charge >= 0.3 is 0 Å². The first-order chi connectivity index (χ1) is 12.5. The number of aromatic nitrogens is 1. The number of hydrogen-bond acceptors (Lipinski definition) is 5. The van der Waals surface area contributed by atoms with Crippen LogP contribution < -0.4 is 25.1 Å². The van der Waals surface area contributed by atoms with Crippen molar-refractivity contribution in [1.82, 2.24) is 9.88 Å². The van der Waals surface area contributed by atoms with Crippen LogP contribution in [0.1, 0.15) is 11.3 Å². The first kappa shape index (κ1) is 19.4. The van der Waals surface area contributed by atoms with Gasteiger partial charge in [0, 0.05) is 24.8 Å². The van der Waals surface area contributed by atoms with Gasteiger partial charge in [0.25, 0.3) is 5.56 Å². The van der Waals surface area contributed by atoms with Gasteiger partial charge in [0.1, 0.15) is 5.75 Å². The van der Waals surface area contributed by atoms with E-state index in [9.17, 15) is 9.59 Å². The van der Waals surface area contributed by atoms with Gasteiger partial charge in [0.2, 0.25) is 5.91 Å². The summed E-state index contributed by atoms with van der Waals surface area (Å²) in [4.78, 5) is 24.2. The second-order valence-corrected chi connectivity index (χ2v) is 5.74. The average Bonchev–Trinajstić information content (AvgIpc) is 2.63. The van der Waals surface area contributed by atoms with Crippen LogP contribution in [0.2, 0.25) is 0 Å². The molecule has 0 atom stereocenters. The number of ether oxygens (including phenoxy) is 3. The van der Waals surface area contributed by atoms with E-state index in [2.05, 4.69) is 5.32 Å². The van der Waals surface area contributed by atoms with Crippen molar-refractivity contribution < 1.29 is 19.0 Å². The van der Waals surface area contributed by atoms with E-state index in [-0.39, 0.29) is 17.9 Å². The fraction of sp³-hybridized carbons (Fsp3) is 0.368.